The Bertz CT molecular complexity index is 661. The van der Waals surface area contributed by atoms with Crippen LogP contribution in [0.2, 0.25) is 0 Å². The highest BCUT2D eigenvalue weighted by Crippen LogP contribution is 2.30. The molecule has 1 aromatic heterocycles. The molecule has 7 heteroatoms. The first-order chi connectivity index (χ1) is 12.0. The summed E-state index contributed by atoms with van der Waals surface area (Å²) in [5.41, 5.74) is 1.28. The molecule has 0 spiro atoms. The minimum atomic E-state index is -0.855. The zero-order valence-electron chi connectivity index (χ0n) is 14.5. The fraction of sp³-hybridized carbons (Fsp3) is 0.611. The molecule has 6 nitrogen and oxygen atoms in total. The van der Waals surface area contributed by atoms with E-state index in [0.29, 0.717) is 24.3 Å². The first-order valence-corrected chi connectivity index (χ1v) is 9.65. The van der Waals surface area contributed by atoms with Crippen LogP contribution in [0.25, 0.3) is 0 Å². The van der Waals surface area contributed by atoms with Crippen molar-refractivity contribution in [3.05, 3.63) is 21.4 Å². The Morgan fingerprint density at radius 2 is 2.04 bits per heavy atom. The summed E-state index contributed by atoms with van der Waals surface area (Å²) in [7, 11) is 1.64. The summed E-state index contributed by atoms with van der Waals surface area (Å²) in [6, 6.07) is 1.98. The predicted molar refractivity (Wildman–Crippen MR) is 94.9 cm³/mol. The largest absolute Gasteiger partial charge is 0.481 e. The number of amides is 2. The van der Waals surface area contributed by atoms with Crippen LogP contribution < -0.4 is 0 Å². The van der Waals surface area contributed by atoms with E-state index >= 15 is 0 Å². The topological polar surface area (TPSA) is 77.9 Å². The van der Waals surface area contributed by atoms with Crippen LogP contribution in [0.15, 0.2) is 6.07 Å². The zero-order valence-corrected chi connectivity index (χ0v) is 15.3. The molecule has 0 bridgehead atoms. The molecule has 1 saturated heterocycles. The van der Waals surface area contributed by atoms with E-state index in [9.17, 15) is 14.4 Å². The molecule has 1 aliphatic carbocycles. The number of thiophene rings is 1. The second-order valence-electron chi connectivity index (χ2n) is 6.94. The molecular formula is C18H24N2O4S. The smallest absolute Gasteiger partial charge is 0.308 e. The van der Waals surface area contributed by atoms with Crippen molar-refractivity contribution in [2.75, 3.05) is 26.7 Å². The number of rotatable bonds is 4. The van der Waals surface area contributed by atoms with Crippen LogP contribution >= 0.6 is 11.3 Å². The normalized spacial score (nSPS) is 20.0. The molecule has 1 fully saturated rings. The van der Waals surface area contributed by atoms with Gasteiger partial charge >= 0.3 is 5.97 Å². The summed E-state index contributed by atoms with van der Waals surface area (Å²) >= 11 is 1.54. The van der Waals surface area contributed by atoms with Gasteiger partial charge < -0.3 is 14.9 Å². The summed E-state index contributed by atoms with van der Waals surface area (Å²) in [5.74, 6) is -1.66. The molecule has 1 unspecified atom stereocenters. The maximum Gasteiger partial charge on any atom is 0.308 e. The van der Waals surface area contributed by atoms with Gasteiger partial charge in [-0.05, 0) is 50.2 Å². The highest BCUT2D eigenvalue weighted by Gasteiger charge is 2.29. The van der Waals surface area contributed by atoms with Crippen LogP contribution in [0.1, 0.15) is 45.8 Å². The van der Waals surface area contributed by atoms with E-state index in [-0.39, 0.29) is 24.9 Å². The number of aliphatic carboxylic acids is 1. The van der Waals surface area contributed by atoms with Gasteiger partial charge in [-0.2, -0.15) is 0 Å². The molecule has 0 aromatic carbocycles. The molecule has 0 radical (unpaired) electrons. The number of carboxylic acids is 1. The van der Waals surface area contributed by atoms with Crippen LogP contribution in [0.4, 0.5) is 0 Å². The molecule has 2 amide bonds. The SMILES string of the molecule is CN(CC(=O)N1CCCC(C(=O)O)C1)C(=O)c1cc2c(s1)CCCC2. The Kier molecular flexibility index (Phi) is 5.42. The summed E-state index contributed by atoms with van der Waals surface area (Å²) < 4.78 is 0. The Morgan fingerprint density at radius 1 is 1.28 bits per heavy atom. The average molecular weight is 364 g/mol. The molecule has 136 valence electrons. The number of hydrogen-bond donors (Lipinski definition) is 1. The second-order valence-corrected chi connectivity index (χ2v) is 8.08. The quantitative estimate of drug-likeness (QED) is 0.887. The number of likely N-dealkylation sites (N-methyl/N-ethyl adjacent to an activating group) is 1. The standard InChI is InChI=1S/C18H24N2O4S/c1-19(11-16(21)20-8-4-6-13(10-20)18(23)24)17(22)15-9-12-5-2-3-7-14(12)25-15/h9,13H,2-8,10-11H2,1H3,(H,23,24). The number of aryl methyl sites for hydroxylation is 2. The van der Waals surface area contributed by atoms with E-state index in [0.717, 1.165) is 12.8 Å². The van der Waals surface area contributed by atoms with E-state index < -0.39 is 11.9 Å². The van der Waals surface area contributed by atoms with Crippen LogP contribution in [-0.2, 0) is 22.4 Å². The number of nitrogens with zero attached hydrogens (tertiary/aromatic N) is 2. The fourth-order valence-electron chi connectivity index (χ4n) is 3.56. The first-order valence-electron chi connectivity index (χ1n) is 8.83. The number of hydrogen-bond acceptors (Lipinski definition) is 4. The predicted octanol–water partition coefficient (Wildman–Crippen LogP) is 2.02. The van der Waals surface area contributed by atoms with E-state index in [4.69, 9.17) is 5.11 Å². The number of carbonyl (C=O) groups excluding carboxylic acids is 2. The molecule has 2 aliphatic rings. The molecular weight excluding hydrogens is 340 g/mol. The third-order valence-corrected chi connectivity index (χ3v) is 6.27. The lowest BCUT2D eigenvalue weighted by Gasteiger charge is -2.31. The summed E-state index contributed by atoms with van der Waals surface area (Å²) in [4.78, 5) is 41.2. The van der Waals surface area contributed by atoms with Gasteiger partial charge in [0.15, 0.2) is 0 Å². The lowest BCUT2D eigenvalue weighted by atomic mass is 9.98. The third-order valence-electron chi connectivity index (χ3n) is 5.05. The lowest BCUT2D eigenvalue weighted by molar-refractivity contribution is -0.145. The van der Waals surface area contributed by atoms with Crippen molar-refractivity contribution in [2.45, 2.75) is 38.5 Å². The highest BCUT2D eigenvalue weighted by atomic mass is 32.1. The van der Waals surface area contributed by atoms with Crippen molar-refractivity contribution >= 4 is 29.1 Å². The lowest BCUT2D eigenvalue weighted by Crippen LogP contribution is -2.46. The Morgan fingerprint density at radius 3 is 2.76 bits per heavy atom. The Labute approximate surface area is 151 Å². The van der Waals surface area contributed by atoms with Crippen LogP contribution in [0, 0.1) is 5.92 Å². The zero-order chi connectivity index (χ0) is 18.0. The highest BCUT2D eigenvalue weighted by molar-refractivity contribution is 7.14. The van der Waals surface area contributed by atoms with Crippen molar-refractivity contribution in [1.82, 2.24) is 9.80 Å². The van der Waals surface area contributed by atoms with Crippen molar-refractivity contribution in [3.63, 3.8) is 0 Å². The van der Waals surface area contributed by atoms with E-state index in [2.05, 4.69) is 0 Å². The van der Waals surface area contributed by atoms with Crippen molar-refractivity contribution in [3.8, 4) is 0 Å². The molecule has 3 rings (SSSR count). The molecule has 25 heavy (non-hydrogen) atoms. The van der Waals surface area contributed by atoms with E-state index in [1.165, 1.54) is 28.2 Å². The van der Waals surface area contributed by atoms with Gasteiger partial charge in [-0.15, -0.1) is 11.3 Å². The Hall–Kier alpha value is -1.89. The monoisotopic (exact) mass is 364 g/mol. The van der Waals surface area contributed by atoms with Crippen LogP contribution in [0.5, 0.6) is 0 Å². The Balaban J connectivity index is 1.60. The van der Waals surface area contributed by atoms with Gasteiger partial charge in [-0.1, -0.05) is 0 Å². The number of piperidine rings is 1. The van der Waals surface area contributed by atoms with Gasteiger partial charge in [0.2, 0.25) is 5.91 Å². The number of carbonyl (C=O) groups is 3. The minimum absolute atomic E-state index is 0.00621. The third kappa shape index (κ3) is 4.03. The van der Waals surface area contributed by atoms with Crippen molar-refractivity contribution in [2.24, 2.45) is 5.92 Å². The van der Waals surface area contributed by atoms with Gasteiger partial charge in [0.05, 0.1) is 17.3 Å². The molecule has 2 heterocycles. The summed E-state index contributed by atoms with van der Waals surface area (Å²) in [6.07, 6.45) is 5.72. The van der Waals surface area contributed by atoms with Gasteiger partial charge in [-0.3, -0.25) is 14.4 Å². The van der Waals surface area contributed by atoms with Crippen LogP contribution in [0.3, 0.4) is 0 Å². The number of carboxylic acid groups (broad SMARTS) is 1. The first kappa shape index (κ1) is 17.9. The van der Waals surface area contributed by atoms with E-state index in [1.54, 1.807) is 23.3 Å². The van der Waals surface area contributed by atoms with Gasteiger partial charge in [0.25, 0.3) is 5.91 Å². The minimum Gasteiger partial charge on any atom is -0.481 e. The van der Waals surface area contributed by atoms with Crippen molar-refractivity contribution < 1.29 is 19.5 Å². The molecule has 1 aromatic rings. The molecule has 0 saturated carbocycles. The average Bonchev–Trinajstić information content (AvgIpc) is 3.05. The summed E-state index contributed by atoms with van der Waals surface area (Å²) in [6.45, 7) is 0.801. The maximum absolute atomic E-state index is 12.6. The van der Waals surface area contributed by atoms with Gasteiger partial charge in [0.1, 0.15) is 0 Å². The number of fused-ring (bicyclic) bond motifs is 1. The van der Waals surface area contributed by atoms with Crippen LogP contribution in [-0.4, -0.2) is 59.4 Å². The second kappa shape index (κ2) is 7.56. The maximum atomic E-state index is 12.6. The van der Waals surface area contributed by atoms with Gasteiger partial charge in [0, 0.05) is 25.0 Å². The number of likely N-dealkylation sites (tertiary alicyclic amines) is 1. The summed E-state index contributed by atoms with van der Waals surface area (Å²) in [5, 5.41) is 9.14. The van der Waals surface area contributed by atoms with E-state index in [1.807, 2.05) is 6.07 Å². The van der Waals surface area contributed by atoms with Gasteiger partial charge in [-0.25, -0.2) is 0 Å². The van der Waals surface area contributed by atoms with Crippen molar-refractivity contribution in [1.29, 1.82) is 0 Å². The molecule has 1 N–H and O–H groups in total. The molecule has 1 aliphatic heterocycles. The molecule has 1 atom stereocenters. The fourth-order valence-corrected chi connectivity index (χ4v) is 4.81.